The predicted octanol–water partition coefficient (Wildman–Crippen LogP) is 2.07. The highest BCUT2D eigenvalue weighted by molar-refractivity contribution is 6.83. The Kier molecular flexibility index (Phi) is 3.27. The Morgan fingerprint density at radius 2 is 2.16 bits per heavy atom. The minimum absolute atomic E-state index is 0.123. The van der Waals surface area contributed by atoms with Crippen LogP contribution in [0.25, 0.3) is 0 Å². The molecule has 0 aromatic carbocycles. The maximum Gasteiger partial charge on any atom is 0.193 e. The molecule has 0 radical (unpaired) electrons. The molecule has 3 heterocycles. The Balaban J connectivity index is 1.83. The van der Waals surface area contributed by atoms with Crippen LogP contribution in [0, 0.1) is 5.92 Å². The van der Waals surface area contributed by atoms with Crippen LogP contribution >= 0.6 is 11.6 Å². The first kappa shape index (κ1) is 12.9. The summed E-state index contributed by atoms with van der Waals surface area (Å²) in [4.78, 5) is 8.71. The van der Waals surface area contributed by atoms with Gasteiger partial charge < -0.3 is 0 Å². The predicted molar refractivity (Wildman–Crippen MR) is 77.8 cm³/mol. The van der Waals surface area contributed by atoms with Crippen molar-refractivity contribution in [2.45, 2.75) is 39.0 Å². The Bertz CT molecular complexity index is 458. The molecule has 0 aliphatic carbocycles. The minimum atomic E-state index is 0.123. The lowest BCUT2D eigenvalue weighted by atomic mass is 9.93. The Morgan fingerprint density at radius 3 is 2.89 bits per heavy atom. The molecular formula is C13H20ClN5. The molecule has 0 bridgehead atoms. The summed E-state index contributed by atoms with van der Waals surface area (Å²) in [6.07, 6.45) is 6.30. The van der Waals surface area contributed by atoms with Crippen LogP contribution in [0.15, 0.2) is 22.5 Å². The van der Waals surface area contributed by atoms with Crippen LogP contribution < -0.4 is 0 Å². The number of likely N-dealkylation sites (tertiary alicyclic amines) is 1. The number of hydrazone groups is 1. The molecule has 104 valence electrons. The van der Waals surface area contributed by atoms with Gasteiger partial charge in [0.05, 0.1) is 0 Å². The Morgan fingerprint density at radius 1 is 1.37 bits per heavy atom. The monoisotopic (exact) mass is 281 g/mol. The molecule has 0 aromatic heterocycles. The summed E-state index contributed by atoms with van der Waals surface area (Å²) in [5.41, 5.74) is 0. The van der Waals surface area contributed by atoms with Crippen molar-refractivity contribution in [3.05, 3.63) is 12.4 Å². The smallest absolute Gasteiger partial charge is 0.193 e. The molecule has 3 atom stereocenters. The molecule has 3 aliphatic rings. The van der Waals surface area contributed by atoms with Gasteiger partial charge in [0.25, 0.3) is 0 Å². The van der Waals surface area contributed by atoms with Crippen molar-refractivity contribution in [2.24, 2.45) is 16.0 Å². The van der Waals surface area contributed by atoms with Crippen molar-refractivity contribution in [1.82, 2.24) is 14.8 Å². The average Bonchev–Trinajstić information content (AvgIpc) is 2.68. The molecule has 3 rings (SSSR count). The largest absolute Gasteiger partial charge is 0.292 e. The molecule has 0 amide bonds. The van der Waals surface area contributed by atoms with E-state index in [1.54, 1.807) is 6.20 Å². The molecule has 19 heavy (non-hydrogen) atoms. The second-order valence-corrected chi connectivity index (χ2v) is 6.04. The van der Waals surface area contributed by atoms with Gasteiger partial charge in [-0.25, -0.2) is 4.99 Å². The molecule has 1 saturated heterocycles. The molecule has 6 heteroatoms. The molecule has 3 aliphatic heterocycles. The first-order valence-corrected chi connectivity index (χ1v) is 7.21. The Labute approximate surface area is 119 Å². The number of aliphatic imine (C=N–C) groups is 1. The van der Waals surface area contributed by atoms with Gasteiger partial charge in [0, 0.05) is 32.0 Å². The molecular weight excluding hydrogens is 262 g/mol. The second-order valence-electron chi connectivity index (χ2n) is 5.69. The number of piperidine rings is 1. The number of fused-ring (bicyclic) bond motifs is 1. The summed E-state index contributed by atoms with van der Waals surface area (Å²) in [7, 11) is 2.00. The Hall–Kier alpha value is -1.07. The van der Waals surface area contributed by atoms with E-state index in [4.69, 9.17) is 11.6 Å². The summed E-state index contributed by atoms with van der Waals surface area (Å²) in [6, 6.07) is 0.553. The van der Waals surface area contributed by atoms with E-state index in [9.17, 15) is 0 Å². The van der Waals surface area contributed by atoms with E-state index in [1.165, 1.54) is 12.8 Å². The van der Waals surface area contributed by atoms with E-state index in [2.05, 4.69) is 33.7 Å². The molecule has 0 spiro atoms. The fraction of sp³-hybridized carbons (Fsp3) is 0.692. The molecule has 1 fully saturated rings. The molecule has 5 nitrogen and oxygen atoms in total. The quantitative estimate of drug-likeness (QED) is 0.738. The average molecular weight is 282 g/mol. The van der Waals surface area contributed by atoms with Crippen molar-refractivity contribution in [3.8, 4) is 0 Å². The molecule has 0 N–H and O–H groups in total. The summed E-state index contributed by atoms with van der Waals surface area (Å²) in [5, 5.41) is 6.97. The van der Waals surface area contributed by atoms with E-state index in [0.717, 1.165) is 18.3 Å². The van der Waals surface area contributed by atoms with Crippen molar-refractivity contribution in [3.63, 3.8) is 0 Å². The SMILES string of the molecule is CC1CCN(C2N(C)N=C3C(Cl)=NC=CN32)C(C)C1. The highest BCUT2D eigenvalue weighted by Crippen LogP contribution is 2.30. The summed E-state index contributed by atoms with van der Waals surface area (Å²) >= 11 is 6.13. The van der Waals surface area contributed by atoms with E-state index in [1.807, 2.05) is 18.3 Å². The zero-order valence-corrected chi connectivity index (χ0v) is 12.4. The van der Waals surface area contributed by atoms with Crippen molar-refractivity contribution < 1.29 is 0 Å². The van der Waals surface area contributed by atoms with Crippen LogP contribution in [0.4, 0.5) is 0 Å². The second kappa shape index (κ2) is 4.80. The topological polar surface area (TPSA) is 34.4 Å². The lowest BCUT2D eigenvalue weighted by Gasteiger charge is -2.44. The summed E-state index contributed by atoms with van der Waals surface area (Å²) < 4.78 is 0. The zero-order chi connectivity index (χ0) is 13.6. The van der Waals surface area contributed by atoms with Gasteiger partial charge in [0.1, 0.15) is 0 Å². The highest BCUT2D eigenvalue weighted by Gasteiger charge is 2.41. The number of nitrogens with zero attached hydrogens (tertiary/aromatic N) is 5. The highest BCUT2D eigenvalue weighted by atomic mass is 35.5. The maximum absolute atomic E-state index is 6.13. The van der Waals surface area contributed by atoms with E-state index in [0.29, 0.717) is 11.2 Å². The van der Waals surface area contributed by atoms with Crippen LogP contribution in [-0.2, 0) is 0 Å². The van der Waals surface area contributed by atoms with E-state index in [-0.39, 0.29) is 6.29 Å². The van der Waals surface area contributed by atoms with Crippen molar-refractivity contribution >= 4 is 22.6 Å². The summed E-state index contributed by atoms with van der Waals surface area (Å²) in [5.74, 6) is 1.56. The van der Waals surface area contributed by atoms with Gasteiger partial charge >= 0.3 is 0 Å². The van der Waals surface area contributed by atoms with Gasteiger partial charge in [-0.2, -0.15) is 5.10 Å². The van der Waals surface area contributed by atoms with Gasteiger partial charge in [-0.05, 0) is 25.7 Å². The van der Waals surface area contributed by atoms with Gasteiger partial charge in [-0.3, -0.25) is 14.8 Å². The van der Waals surface area contributed by atoms with Gasteiger partial charge in [-0.1, -0.05) is 18.5 Å². The molecule has 0 saturated carbocycles. The molecule has 0 aromatic rings. The van der Waals surface area contributed by atoms with Gasteiger partial charge in [0.15, 0.2) is 17.3 Å². The third-order valence-corrected chi connectivity index (χ3v) is 4.43. The lowest BCUT2D eigenvalue weighted by Crippen LogP contribution is -2.57. The fourth-order valence-electron chi connectivity index (χ4n) is 3.21. The van der Waals surface area contributed by atoms with Crippen LogP contribution in [0.2, 0.25) is 0 Å². The standard InChI is InChI=1S/C13H20ClN5/c1-9-4-6-18(10(2)8-9)13-17(3)16-12-11(14)15-5-7-19(12)13/h5,7,9-10,13H,4,6,8H2,1-3H3. The number of hydrogen-bond acceptors (Lipinski definition) is 5. The van der Waals surface area contributed by atoms with Crippen LogP contribution in [-0.4, -0.2) is 51.7 Å². The summed E-state index contributed by atoms with van der Waals surface area (Å²) in [6.45, 7) is 5.72. The zero-order valence-electron chi connectivity index (χ0n) is 11.6. The third-order valence-electron chi connectivity index (χ3n) is 4.17. The normalized spacial score (nSPS) is 35.3. The van der Waals surface area contributed by atoms with Crippen molar-refractivity contribution in [2.75, 3.05) is 13.6 Å². The first-order valence-electron chi connectivity index (χ1n) is 6.84. The number of halogens is 1. The van der Waals surface area contributed by atoms with E-state index >= 15 is 0 Å². The maximum atomic E-state index is 6.13. The van der Waals surface area contributed by atoms with E-state index < -0.39 is 0 Å². The van der Waals surface area contributed by atoms with Gasteiger partial charge in [-0.15, -0.1) is 0 Å². The lowest BCUT2D eigenvalue weighted by molar-refractivity contribution is -0.0342. The number of amidine groups is 1. The van der Waals surface area contributed by atoms with Crippen LogP contribution in [0.1, 0.15) is 26.7 Å². The van der Waals surface area contributed by atoms with Crippen LogP contribution in [0.3, 0.4) is 0 Å². The fourth-order valence-corrected chi connectivity index (χ4v) is 3.40. The van der Waals surface area contributed by atoms with Crippen molar-refractivity contribution in [1.29, 1.82) is 0 Å². The molecule has 3 unspecified atom stereocenters. The third kappa shape index (κ3) is 2.15. The minimum Gasteiger partial charge on any atom is -0.292 e. The number of rotatable bonds is 1. The van der Waals surface area contributed by atoms with Crippen LogP contribution in [0.5, 0.6) is 0 Å². The first-order chi connectivity index (χ1) is 9.08. The number of hydrogen-bond donors (Lipinski definition) is 0. The van der Waals surface area contributed by atoms with Gasteiger partial charge in [0.2, 0.25) is 0 Å².